The lowest BCUT2D eigenvalue weighted by atomic mass is 9.86. The van der Waals surface area contributed by atoms with E-state index in [1.54, 1.807) is 22.0 Å². The lowest BCUT2D eigenvalue weighted by molar-refractivity contribution is 0.168. The van der Waals surface area contributed by atoms with Gasteiger partial charge >= 0.3 is 0 Å². The summed E-state index contributed by atoms with van der Waals surface area (Å²) in [6.07, 6.45) is 5.47. The molecule has 3 heterocycles. The van der Waals surface area contributed by atoms with Crippen LogP contribution in [0.5, 0.6) is 0 Å². The third kappa shape index (κ3) is 2.66. The molecule has 0 spiro atoms. The summed E-state index contributed by atoms with van der Waals surface area (Å²) in [5, 5.41) is 12.6. The zero-order chi connectivity index (χ0) is 16.6. The monoisotopic (exact) mass is 334 g/mol. The van der Waals surface area contributed by atoms with Crippen molar-refractivity contribution in [3.05, 3.63) is 53.9 Å². The Balaban J connectivity index is 1.31. The summed E-state index contributed by atoms with van der Waals surface area (Å²) in [5.74, 6) is 1.01. The van der Waals surface area contributed by atoms with Crippen LogP contribution in [0.2, 0.25) is 0 Å². The SMILES string of the molecule is c1ccc2c(c1)CCC[C@@H]2N1CCN(c2ccc3nncn3n2)CC1. The van der Waals surface area contributed by atoms with Gasteiger partial charge in [0.25, 0.3) is 0 Å². The van der Waals surface area contributed by atoms with Crippen molar-refractivity contribution in [1.29, 1.82) is 0 Å². The van der Waals surface area contributed by atoms with Crippen LogP contribution in [0.15, 0.2) is 42.7 Å². The van der Waals surface area contributed by atoms with E-state index >= 15 is 0 Å². The highest BCUT2D eigenvalue weighted by Gasteiger charge is 2.28. The van der Waals surface area contributed by atoms with Crippen molar-refractivity contribution in [2.24, 2.45) is 0 Å². The average molecular weight is 334 g/mol. The summed E-state index contributed by atoms with van der Waals surface area (Å²) in [7, 11) is 0. The van der Waals surface area contributed by atoms with Crippen LogP contribution in [0.1, 0.15) is 30.0 Å². The molecule has 6 heteroatoms. The van der Waals surface area contributed by atoms with E-state index < -0.39 is 0 Å². The molecule has 0 bridgehead atoms. The molecule has 1 aliphatic carbocycles. The van der Waals surface area contributed by atoms with Gasteiger partial charge in [-0.15, -0.1) is 15.3 Å². The molecule has 25 heavy (non-hydrogen) atoms. The Morgan fingerprint density at radius 1 is 0.960 bits per heavy atom. The zero-order valence-electron chi connectivity index (χ0n) is 14.3. The van der Waals surface area contributed by atoms with Crippen LogP contribution in [0.4, 0.5) is 5.82 Å². The van der Waals surface area contributed by atoms with E-state index in [2.05, 4.69) is 55.4 Å². The normalized spacial score (nSPS) is 21.4. The number of benzene rings is 1. The maximum Gasteiger partial charge on any atom is 0.177 e. The van der Waals surface area contributed by atoms with Crippen LogP contribution >= 0.6 is 0 Å². The summed E-state index contributed by atoms with van der Waals surface area (Å²) >= 11 is 0. The predicted octanol–water partition coefficient (Wildman–Crippen LogP) is 2.32. The molecule has 2 aliphatic rings. The smallest absolute Gasteiger partial charge is 0.177 e. The van der Waals surface area contributed by atoms with Crippen LogP contribution in [0.25, 0.3) is 5.65 Å². The fourth-order valence-electron chi connectivity index (χ4n) is 4.26. The second-order valence-electron chi connectivity index (χ2n) is 6.96. The molecule has 6 nitrogen and oxygen atoms in total. The number of nitrogens with zero attached hydrogens (tertiary/aromatic N) is 6. The van der Waals surface area contributed by atoms with Gasteiger partial charge in [0.15, 0.2) is 5.65 Å². The van der Waals surface area contributed by atoms with Gasteiger partial charge in [-0.1, -0.05) is 24.3 Å². The zero-order valence-corrected chi connectivity index (χ0v) is 14.3. The second-order valence-corrected chi connectivity index (χ2v) is 6.96. The standard InChI is InChI=1S/C19H22N6/c1-2-6-16-15(4-1)5-3-7-17(16)23-10-12-24(13-11-23)19-9-8-18-21-20-14-25(18)22-19/h1-2,4,6,8-9,14,17H,3,5,7,10-13H2/t17-/m0/s1. The molecule has 1 atom stereocenters. The van der Waals surface area contributed by atoms with Crippen molar-refractivity contribution in [1.82, 2.24) is 24.7 Å². The molecule has 0 N–H and O–H groups in total. The van der Waals surface area contributed by atoms with Crippen LogP contribution in [-0.4, -0.2) is 50.9 Å². The summed E-state index contributed by atoms with van der Waals surface area (Å²) in [6.45, 7) is 4.19. The van der Waals surface area contributed by atoms with Gasteiger partial charge in [-0.25, -0.2) is 0 Å². The third-order valence-corrected chi connectivity index (χ3v) is 5.56. The molecular weight excluding hydrogens is 312 g/mol. The first kappa shape index (κ1) is 14.8. The summed E-state index contributed by atoms with van der Waals surface area (Å²) in [5.41, 5.74) is 3.88. The Morgan fingerprint density at radius 3 is 2.76 bits per heavy atom. The van der Waals surface area contributed by atoms with Crippen LogP contribution in [0, 0.1) is 0 Å². The summed E-state index contributed by atoms with van der Waals surface area (Å²) in [4.78, 5) is 5.02. The Labute approximate surface area is 147 Å². The number of rotatable bonds is 2. The fraction of sp³-hybridized carbons (Fsp3) is 0.421. The van der Waals surface area contributed by atoms with Crippen LogP contribution in [0.3, 0.4) is 0 Å². The lowest BCUT2D eigenvalue weighted by Crippen LogP contribution is -2.48. The first-order valence-electron chi connectivity index (χ1n) is 9.12. The highest BCUT2D eigenvalue weighted by Crippen LogP contribution is 2.34. The molecule has 0 unspecified atom stereocenters. The van der Waals surface area contributed by atoms with Gasteiger partial charge in [-0.3, -0.25) is 4.90 Å². The number of hydrogen-bond acceptors (Lipinski definition) is 5. The molecule has 2 aromatic heterocycles. The Kier molecular flexibility index (Phi) is 3.63. The van der Waals surface area contributed by atoms with E-state index in [0.717, 1.165) is 37.6 Å². The Bertz CT molecular complexity index is 880. The number of hydrogen-bond donors (Lipinski definition) is 0. The largest absolute Gasteiger partial charge is 0.353 e. The van der Waals surface area contributed by atoms with Gasteiger partial charge in [0, 0.05) is 32.2 Å². The van der Waals surface area contributed by atoms with Crippen LogP contribution < -0.4 is 4.90 Å². The quantitative estimate of drug-likeness (QED) is 0.720. The average Bonchev–Trinajstić information content (AvgIpc) is 3.15. The van der Waals surface area contributed by atoms with E-state index in [4.69, 9.17) is 0 Å². The van der Waals surface area contributed by atoms with Crippen molar-refractivity contribution in [3.63, 3.8) is 0 Å². The van der Waals surface area contributed by atoms with Crippen molar-refractivity contribution in [3.8, 4) is 0 Å². The van der Waals surface area contributed by atoms with Crippen LogP contribution in [-0.2, 0) is 6.42 Å². The molecule has 0 amide bonds. The molecule has 3 aromatic rings. The topological polar surface area (TPSA) is 49.6 Å². The van der Waals surface area contributed by atoms with Crippen molar-refractivity contribution in [2.45, 2.75) is 25.3 Å². The highest BCUT2D eigenvalue weighted by atomic mass is 15.4. The number of aromatic nitrogens is 4. The van der Waals surface area contributed by atoms with E-state index in [1.807, 2.05) is 6.07 Å². The molecule has 5 rings (SSSR count). The predicted molar refractivity (Wildman–Crippen MR) is 96.7 cm³/mol. The van der Waals surface area contributed by atoms with Gasteiger partial charge in [0.1, 0.15) is 12.1 Å². The number of fused-ring (bicyclic) bond motifs is 2. The highest BCUT2D eigenvalue weighted by molar-refractivity contribution is 5.45. The molecule has 1 aromatic carbocycles. The Hall–Kier alpha value is -2.47. The van der Waals surface area contributed by atoms with Crippen molar-refractivity contribution in [2.75, 3.05) is 31.1 Å². The number of piperazine rings is 1. The Morgan fingerprint density at radius 2 is 1.84 bits per heavy atom. The maximum absolute atomic E-state index is 4.63. The third-order valence-electron chi connectivity index (χ3n) is 5.56. The van der Waals surface area contributed by atoms with E-state index in [0.29, 0.717) is 6.04 Å². The molecule has 1 saturated heterocycles. The first-order chi connectivity index (χ1) is 12.4. The van der Waals surface area contributed by atoms with Gasteiger partial charge in [0.05, 0.1) is 0 Å². The molecule has 0 radical (unpaired) electrons. The summed E-state index contributed by atoms with van der Waals surface area (Å²) in [6, 6.07) is 13.6. The second kappa shape index (κ2) is 6.11. The van der Waals surface area contributed by atoms with E-state index in [-0.39, 0.29) is 0 Å². The molecule has 1 fully saturated rings. The minimum atomic E-state index is 0.584. The fourth-order valence-corrected chi connectivity index (χ4v) is 4.26. The van der Waals surface area contributed by atoms with E-state index in [9.17, 15) is 0 Å². The maximum atomic E-state index is 4.63. The minimum Gasteiger partial charge on any atom is -0.353 e. The van der Waals surface area contributed by atoms with Crippen molar-refractivity contribution < 1.29 is 0 Å². The summed E-state index contributed by atoms with van der Waals surface area (Å²) < 4.78 is 1.75. The van der Waals surface area contributed by atoms with E-state index in [1.165, 1.54) is 19.3 Å². The minimum absolute atomic E-state index is 0.584. The molecule has 128 valence electrons. The number of aryl methyl sites for hydroxylation is 1. The molecular formula is C19H22N6. The van der Waals surface area contributed by atoms with Gasteiger partial charge < -0.3 is 4.90 Å². The van der Waals surface area contributed by atoms with Crippen molar-refractivity contribution >= 4 is 11.5 Å². The lowest BCUT2D eigenvalue weighted by Gasteiger charge is -2.41. The molecule has 0 saturated carbocycles. The van der Waals surface area contributed by atoms with Gasteiger partial charge in [-0.05, 0) is 42.5 Å². The first-order valence-corrected chi connectivity index (χ1v) is 9.12. The van der Waals surface area contributed by atoms with Gasteiger partial charge in [-0.2, -0.15) is 4.52 Å². The number of anilines is 1. The molecule has 1 aliphatic heterocycles. The van der Waals surface area contributed by atoms with Gasteiger partial charge in [0.2, 0.25) is 0 Å².